The van der Waals surface area contributed by atoms with E-state index in [1.165, 1.54) is 44.5 Å². The van der Waals surface area contributed by atoms with Gasteiger partial charge < -0.3 is 20.8 Å². The smallest absolute Gasteiger partial charge is 0.255 e. The Morgan fingerprint density at radius 2 is 0.941 bits per heavy atom. The van der Waals surface area contributed by atoms with Crippen LogP contribution in [0, 0.1) is 13.8 Å². The molecule has 0 aliphatic heterocycles. The average Bonchev–Trinajstić information content (AvgIpc) is 3.57. The molecule has 348 valence electrons. The second-order valence-corrected chi connectivity index (χ2v) is 20.2. The quantitative estimate of drug-likeness (QED) is 0.113. The fraction of sp³-hybridized carbons (Fsp3) is 0.333. The summed E-state index contributed by atoms with van der Waals surface area (Å²) >= 11 is 0. The molecule has 0 saturated carbocycles. The second kappa shape index (κ2) is 19.3. The van der Waals surface area contributed by atoms with E-state index in [2.05, 4.69) is 118 Å². The van der Waals surface area contributed by atoms with E-state index in [0.717, 1.165) is 99.8 Å². The number of benzene rings is 4. The predicted molar refractivity (Wildman–Crippen MR) is 272 cm³/mol. The fourth-order valence-electron chi connectivity index (χ4n) is 11.5. The van der Waals surface area contributed by atoms with Crippen molar-refractivity contribution < 1.29 is 19.8 Å². The van der Waals surface area contributed by atoms with Crippen molar-refractivity contribution in [2.24, 2.45) is 0 Å². The summed E-state index contributed by atoms with van der Waals surface area (Å²) in [6, 6.07) is 41.1. The Hall–Kier alpha value is -6.48. The van der Waals surface area contributed by atoms with Gasteiger partial charge in [-0.2, -0.15) is 0 Å². The number of aryl methyl sites for hydroxylation is 4. The number of nitrogens with zero attached hydrogens (tertiary/aromatic N) is 2. The summed E-state index contributed by atoms with van der Waals surface area (Å²) in [6.07, 6.45) is 18.6. The standard InChI is InChI=1S/2C30H32N2O2/c2*1-21-27(12-7-17-31-21)32-28(33)24-13-14-26-23(18-24)10-6-11-25-20-29(2,34)15-16-30(25,26)19-22-8-4-3-5-9-22/h2*3-5,7-9,12-14,17-18,20,34H,6,10-11,15-16,19H2,1-2H3,(H,32,33)/t2*29-,30+/m10/s1. The van der Waals surface area contributed by atoms with Gasteiger partial charge in [-0.15, -0.1) is 0 Å². The van der Waals surface area contributed by atoms with Gasteiger partial charge in [-0.3, -0.25) is 19.6 Å². The van der Waals surface area contributed by atoms with Crippen molar-refractivity contribution in [3.8, 4) is 0 Å². The number of amides is 2. The van der Waals surface area contributed by atoms with Gasteiger partial charge in [0.25, 0.3) is 11.8 Å². The third kappa shape index (κ3) is 9.90. The lowest BCUT2D eigenvalue weighted by atomic mass is 9.61. The van der Waals surface area contributed by atoms with Crippen LogP contribution in [0.15, 0.2) is 157 Å². The maximum Gasteiger partial charge on any atom is 0.255 e. The number of carbonyl (C=O) groups is 2. The molecular weight excluding hydrogens is 841 g/mol. The SMILES string of the molecule is Cc1ncccc1NC(=O)c1ccc2c(c1)CCCC1=C[C@@](C)(O)CC[C@@]12Cc1ccccc1.Cc1ncccc1NC(=O)c1ccc2c(c1)CCCC1=C[C@](C)(O)CC[C@]12Cc1ccccc1. The van der Waals surface area contributed by atoms with E-state index in [9.17, 15) is 19.8 Å². The minimum atomic E-state index is -0.762. The topological polar surface area (TPSA) is 124 Å². The van der Waals surface area contributed by atoms with Gasteiger partial charge in [-0.1, -0.05) is 96.1 Å². The first-order valence-electron chi connectivity index (χ1n) is 24.4. The van der Waals surface area contributed by atoms with E-state index in [1.807, 2.05) is 64.1 Å². The molecular formula is C60H64N4O4. The second-order valence-electron chi connectivity index (χ2n) is 20.2. The number of aromatic nitrogens is 2. The third-order valence-electron chi connectivity index (χ3n) is 15.1. The highest BCUT2D eigenvalue weighted by Gasteiger charge is 2.46. The van der Waals surface area contributed by atoms with Crippen LogP contribution < -0.4 is 10.6 Å². The zero-order valence-electron chi connectivity index (χ0n) is 39.9. The molecule has 6 aromatic rings. The molecule has 8 heteroatoms. The van der Waals surface area contributed by atoms with Crippen LogP contribution in [0.5, 0.6) is 0 Å². The number of hydrogen-bond donors (Lipinski definition) is 4. The molecule has 10 rings (SSSR count). The van der Waals surface area contributed by atoms with Crippen molar-refractivity contribution in [3.63, 3.8) is 0 Å². The predicted octanol–water partition coefficient (Wildman–Crippen LogP) is 11.9. The van der Waals surface area contributed by atoms with E-state index in [0.29, 0.717) is 11.1 Å². The molecule has 0 spiro atoms. The van der Waals surface area contributed by atoms with Crippen LogP contribution in [0.1, 0.15) is 131 Å². The van der Waals surface area contributed by atoms with E-state index < -0.39 is 11.2 Å². The first-order chi connectivity index (χ1) is 32.7. The molecule has 0 saturated heterocycles. The van der Waals surface area contributed by atoms with E-state index >= 15 is 0 Å². The fourth-order valence-corrected chi connectivity index (χ4v) is 11.5. The largest absolute Gasteiger partial charge is 0.386 e. The summed E-state index contributed by atoms with van der Waals surface area (Å²) in [6.45, 7) is 7.63. The Labute approximate surface area is 401 Å². The normalized spacial score (nSPS) is 23.8. The third-order valence-corrected chi connectivity index (χ3v) is 15.1. The molecule has 2 aromatic heterocycles. The number of fused-ring (bicyclic) bond motifs is 6. The van der Waals surface area contributed by atoms with Gasteiger partial charge in [0.2, 0.25) is 0 Å². The van der Waals surface area contributed by atoms with Crippen molar-refractivity contribution in [3.05, 3.63) is 213 Å². The van der Waals surface area contributed by atoms with Gasteiger partial charge >= 0.3 is 0 Å². The van der Waals surface area contributed by atoms with Crippen LogP contribution in [0.2, 0.25) is 0 Å². The number of anilines is 2. The Balaban J connectivity index is 0.000000170. The summed E-state index contributed by atoms with van der Waals surface area (Å²) in [4.78, 5) is 34.7. The molecule has 4 aliphatic rings. The summed E-state index contributed by atoms with van der Waals surface area (Å²) < 4.78 is 0. The van der Waals surface area contributed by atoms with Crippen molar-refractivity contribution >= 4 is 23.2 Å². The molecule has 0 unspecified atom stereocenters. The average molecular weight is 905 g/mol. The molecule has 4 aromatic carbocycles. The summed E-state index contributed by atoms with van der Waals surface area (Å²) in [5, 5.41) is 27.8. The van der Waals surface area contributed by atoms with Gasteiger partial charge in [-0.05, 0) is 187 Å². The molecule has 0 fully saturated rings. The van der Waals surface area contributed by atoms with Crippen LogP contribution in [-0.2, 0) is 36.5 Å². The molecule has 4 atom stereocenters. The molecule has 4 N–H and O–H groups in total. The van der Waals surface area contributed by atoms with E-state index in [1.54, 1.807) is 12.4 Å². The minimum Gasteiger partial charge on any atom is -0.386 e. The summed E-state index contributed by atoms with van der Waals surface area (Å²) in [7, 11) is 0. The van der Waals surface area contributed by atoms with Crippen molar-refractivity contribution in [1.82, 2.24) is 9.97 Å². The molecule has 0 radical (unpaired) electrons. The van der Waals surface area contributed by atoms with Gasteiger partial charge in [0.05, 0.1) is 34.0 Å². The lowest BCUT2D eigenvalue weighted by Gasteiger charge is -2.44. The lowest BCUT2D eigenvalue weighted by Crippen LogP contribution is -2.40. The molecule has 0 bridgehead atoms. The maximum atomic E-state index is 13.1. The molecule has 68 heavy (non-hydrogen) atoms. The van der Waals surface area contributed by atoms with Crippen molar-refractivity contribution in [2.45, 2.75) is 127 Å². The Morgan fingerprint density at radius 1 is 0.529 bits per heavy atom. The van der Waals surface area contributed by atoms with Gasteiger partial charge in [-0.25, -0.2) is 0 Å². The zero-order valence-corrected chi connectivity index (χ0v) is 39.9. The number of nitrogens with one attached hydrogen (secondary N) is 2. The molecule has 8 nitrogen and oxygen atoms in total. The van der Waals surface area contributed by atoms with Gasteiger partial charge in [0.15, 0.2) is 0 Å². The number of pyridine rings is 2. The molecule has 4 aliphatic carbocycles. The number of carbonyl (C=O) groups excluding carboxylic acids is 2. The first-order valence-corrected chi connectivity index (χ1v) is 24.4. The van der Waals surface area contributed by atoms with Gasteiger partial charge in [0.1, 0.15) is 0 Å². The first kappa shape index (κ1) is 46.6. The maximum absolute atomic E-state index is 13.1. The number of hydrogen-bond acceptors (Lipinski definition) is 6. The number of aliphatic hydroxyl groups is 2. The van der Waals surface area contributed by atoms with E-state index in [4.69, 9.17) is 0 Å². The van der Waals surface area contributed by atoms with Crippen LogP contribution in [0.25, 0.3) is 0 Å². The highest BCUT2D eigenvalue weighted by Crippen LogP contribution is 2.52. The summed E-state index contributed by atoms with van der Waals surface area (Å²) in [5.74, 6) is -0.217. The van der Waals surface area contributed by atoms with Crippen molar-refractivity contribution in [1.29, 1.82) is 0 Å². The monoisotopic (exact) mass is 904 g/mol. The highest BCUT2D eigenvalue weighted by molar-refractivity contribution is 6.05. The Bertz CT molecular complexity index is 2690. The summed E-state index contributed by atoms with van der Waals surface area (Å²) in [5.41, 5.74) is 13.0. The van der Waals surface area contributed by atoms with Crippen LogP contribution in [-0.4, -0.2) is 43.2 Å². The Morgan fingerprint density at radius 3 is 1.34 bits per heavy atom. The molecule has 2 heterocycles. The number of allylic oxidation sites excluding steroid dienone is 2. The zero-order chi connectivity index (χ0) is 47.5. The minimum absolute atomic E-state index is 0.109. The van der Waals surface area contributed by atoms with E-state index in [-0.39, 0.29) is 22.6 Å². The Kier molecular flexibility index (Phi) is 13.2. The lowest BCUT2D eigenvalue weighted by molar-refractivity contribution is 0.0795. The van der Waals surface area contributed by atoms with Crippen LogP contribution in [0.3, 0.4) is 0 Å². The van der Waals surface area contributed by atoms with Crippen LogP contribution in [0.4, 0.5) is 11.4 Å². The molecule has 2 amide bonds. The number of rotatable bonds is 8. The van der Waals surface area contributed by atoms with Gasteiger partial charge in [0, 0.05) is 34.4 Å². The van der Waals surface area contributed by atoms with Crippen LogP contribution >= 0.6 is 0 Å². The highest BCUT2D eigenvalue weighted by atomic mass is 16.3. The van der Waals surface area contributed by atoms with Crippen molar-refractivity contribution in [2.75, 3.05) is 10.6 Å².